The van der Waals surface area contributed by atoms with E-state index in [9.17, 15) is 9.59 Å². The Labute approximate surface area is 133 Å². The van der Waals surface area contributed by atoms with Crippen molar-refractivity contribution in [2.75, 3.05) is 0 Å². The second-order valence-corrected chi connectivity index (χ2v) is 8.93. The summed E-state index contributed by atoms with van der Waals surface area (Å²) in [6.07, 6.45) is 6.31. The van der Waals surface area contributed by atoms with Crippen molar-refractivity contribution in [2.24, 2.45) is 29.6 Å². The molecule has 0 radical (unpaired) electrons. The molecule has 0 aromatic rings. The third-order valence-corrected chi connectivity index (χ3v) is 5.78. The number of carbonyl (C=O) groups excluding carboxylic acids is 2. The number of amides is 2. The van der Waals surface area contributed by atoms with E-state index in [1.165, 1.54) is 32.1 Å². The van der Waals surface area contributed by atoms with Gasteiger partial charge in [0.25, 0.3) is 0 Å². The molecule has 0 aromatic heterocycles. The maximum absolute atomic E-state index is 12.7. The second kappa shape index (κ2) is 5.54. The van der Waals surface area contributed by atoms with E-state index >= 15 is 0 Å². The van der Waals surface area contributed by atoms with Gasteiger partial charge in [-0.2, -0.15) is 0 Å². The van der Waals surface area contributed by atoms with Gasteiger partial charge >= 0.3 is 0 Å². The van der Waals surface area contributed by atoms with E-state index in [0.29, 0.717) is 11.8 Å². The minimum atomic E-state index is -0.455. The van der Waals surface area contributed by atoms with Crippen molar-refractivity contribution in [2.45, 2.75) is 71.4 Å². The number of carbonyl (C=O) groups is 2. The molecule has 0 aromatic carbocycles. The van der Waals surface area contributed by atoms with Crippen LogP contribution in [0, 0.1) is 29.6 Å². The molecule has 1 unspecified atom stereocenters. The maximum Gasteiger partial charge on any atom is 0.242 e. The zero-order chi connectivity index (χ0) is 16.1. The van der Waals surface area contributed by atoms with Crippen LogP contribution in [0.1, 0.15) is 59.8 Å². The van der Waals surface area contributed by atoms with Crippen LogP contribution in [0.2, 0.25) is 0 Å². The highest BCUT2D eigenvalue weighted by atomic mass is 16.2. The molecule has 4 fully saturated rings. The van der Waals surface area contributed by atoms with Crippen LogP contribution in [-0.2, 0) is 9.59 Å². The largest absolute Gasteiger partial charge is 0.350 e. The normalized spacial score (nSPS) is 37.7. The van der Waals surface area contributed by atoms with Gasteiger partial charge in [-0.15, -0.1) is 0 Å². The van der Waals surface area contributed by atoms with Crippen molar-refractivity contribution in [3.63, 3.8) is 0 Å². The molecule has 4 saturated carbocycles. The fourth-order valence-electron chi connectivity index (χ4n) is 5.21. The molecule has 2 N–H and O–H groups in total. The minimum absolute atomic E-state index is 0.0929. The van der Waals surface area contributed by atoms with Gasteiger partial charge in [0.2, 0.25) is 11.8 Å². The summed E-state index contributed by atoms with van der Waals surface area (Å²) in [4.78, 5) is 24.9. The highest BCUT2D eigenvalue weighted by Crippen LogP contribution is 2.56. The SMILES string of the molecule is CC(NC(=O)C1C2CC3CC(C2)CC1C3)C(=O)NC(C)(C)C. The average molecular weight is 306 g/mol. The third kappa shape index (κ3) is 3.16. The van der Waals surface area contributed by atoms with E-state index in [0.717, 1.165) is 11.8 Å². The Balaban J connectivity index is 1.59. The van der Waals surface area contributed by atoms with Crippen molar-refractivity contribution >= 4 is 11.8 Å². The Kier molecular flexibility index (Phi) is 3.98. The molecule has 0 saturated heterocycles. The standard InChI is InChI=1S/C18H30N2O2/c1-10(16(21)20-18(2,3)4)19-17(22)15-13-6-11-5-12(8-13)9-14(15)7-11/h10-15H,5-9H2,1-4H3,(H,19,22)(H,20,21). The first-order valence-corrected chi connectivity index (χ1v) is 8.85. The molecular formula is C18H30N2O2. The summed E-state index contributed by atoms with van der Waals surface area (Å²) in [5, 5.41) is 5.92. The van der Waals surface area contributed by atoms with Crippen LogP contribution >= 0.6 is 0 Å². The zero-order valence-electron chi connectivity index (χ0n) is 14.3. The Morgan fingerprint density at radius 2 is 1.45 bits per heavy atom. The molecule has 124 valence electrons. The van der Waals surface area contributed by atoms with Crippen LogP contribution in [0.4, 0.5) is 0 Å². The highest BCUT2D eigenvalue weighted by molar-refractivity contribution is 5.88. The predicted octanol–water partition coefficient (Wildman–Crippen LogP) is 2.48. The van der Waals surface area contributed by atoms with Crippen molar-refractivity contribution in [1.29, 1.82) is 0 Å². The first-order valence-electron chi connectivity index (χ1n) is 8.85. The molecule has 4 bridgehead atoms. The smallest absolute Gasteiger partial charge is 0.242 e. The maximum atomic E-state index is 12.7. The summed E-state index contributed by atoms with van der Waals surface area (Å²) in [6, 6.07) is -0.455. The van der Waals surface area contributed by atoms with E-state index in [1.54, 1.807) is 6.92 Å². The van der Waals surface area contributed by atoms with E-state index in [2.05, 4.69) is 10.6 Å². The number of nitrogens with one attached hydrogen (secondary N) is 2. The van der Waals surface area contributed by atoms with Gasteiger partial charge in [0.1, 0.15) is 6.04 Å². The van der Waals surface area contributed by atoms with Gasteiger partial charge < -0.3 is 10.6 Å². The topological polar surface area (TPSA) is 58.2 Å². The quantitative estimate of drug-likeness (QED) is 0.841. The summed E-state index contributed by atoms with van der Waals surface area (Å²) in [5.74, 6) is 3.04. The van der Waals surface area contributed by atoms with Gasteiger partial charge in [-0.25, -0.2) is 0 Å². The van der Waals surface area contributed by atoms with Crippen LogP contribution in [-0.4, -0.2) is 23.4 Å². The number of rotatable bonds is 3. The molecule has 0 heterocycles. The Morgan fingerprint density at radius 3 is 1.91 bits per heavy atom. The fraction of sp³-hybridized carbons (Fsp3) is 0.889. The molecule has 22 heavy (non-hydrogen) atoms. The minimum Gasteiger partial charge on any atom is -0.350 e. The molecule has 4 nitrogen and oxygen atoms in total. The van der Waals surface area contributed by atoms with Crippen molar-refractivity contribution in [3.8, 4) is 0 Å². The molecule has 0 aliphatic heterocycles. The summed E-state index contributed by atoms with van der Waals surface area (Å²) in [7, 11) is 0. The average Bonchev–Trinajstić information content (AvgIpc) is 2.34. The number of hydrogen-bond donors (Lipinski definition) is 2. The van der Waals surface area contributed by atoms with E-state index in [4.69, 9.17) is 0 Å². The zero-order valence-corrected chi connectivity index (χ0v) is 14.3. The van der Waals surface area contributed by atoms with Crippen LogP contribution in [0.5, 0.6) is 0 Å². The van der Waals surface area contributed by atoms with Crippen molar-refractivity contribution < 1.29 is 9.59 Å². The van der Waals surface area contributed by atoms with Gasteiger partial charge in [-0.3, -0.25) is 9.59 Å². The molecule has 0 spiro atoms. The van der Waals surface area contributed by atoms with Crippen LogP contribution < -0.4 is 10.6 Å². The predicted molar refractivity (Wildman–Crippen MR) is 86.0 cm³/mol. The molecule has 4 aliphatic rings. The van der Waals surface area contributed by atoms with Gasteiger partial charge in [0.15, 0.2) is 0 Å². The molecule has 2 amide bonds. The Morgan fingerprint density at radius 1 is 0.955 bits per heavy atom. The lowest BCUT2D eigenvalue weighted by atomic mass is 9.51. The van der Waals surface area contributed by atoms with Gasteiger partial charge in [0, 0.05) is 11.5 Å². The lowest BCUT2D eigenvalue weighted by molar-refractivity contribution is -0.141. The van der Waals surface area contributed by atoms with Crippen molar-refractivity contribution in [1.82, 2.24) is 10.6 Å². The third-order valence-electron chi connectivity index (χ3n) is 5.78. The molecule has 4 aliphatic carbocycles. The molecule has 4 rings (SSSR count). The molecule has 1 atom stereocenters. The summed E-state index contributed by atoms with van der Waals surface area (Å²) < 4.78 is 0. The van der Waals surface area contributed by atoms with Gasteiger partial charge in [-0.1, -0.05) is 0 Å². The monoisotopic (exact) mass is 306 g/mol. The van der Waals surface area contributed by atoms with Crippen LogP contribution in [0.15, 0.2) is 0 Å². The first-order chi connectivity index (χ1) is 10.2. The van der Waals surface area contributed by atoms with E-state index < -0.39 is 6.04 Å². The van der Waals surface area contributed by atoms with E-state index in [1.807, 2.05) is 20.8 Å². The Bertz CT molecular complexity index is 438. The number of hydrogen-bond acceptors (Lipinski definition) is 2. The second-order valence-electron chi connectivity index (χ2n) is 8.93. The van der Waals surface area contributed by atoms with Gasteiger partial charge in [-0.05, 0) is 83.5 Å². The Hall–Kier alpha value is -1.06. The van der Waals surface area contributed by atoms with Crippen LogP contribution in [0.25, 0.3) is 0 Å². The molecule has 4 heteroatoms. The molecular weight excluding hydrogens is 276 g/mol. The lowest BCUT2D eigenvalue weighted by Gasteiger charge is -2.53. The lowest BCUT2D eigenvalue weighted by Crippen LogP contribution is -2.55. The van der Waals surface area contributed by atoms with Gasteiger partial charge in [0.05, 0.1) is 0 Å². The summed E-state index contributed by atoms with van der Waals surface area (Å²) >= 11 is 0. The first kappa shape index (κ1) is 15.8. The van der Waals surface area contributed by atoms with Crippen molar-refractivity contribution in [3.05, 3.63) is 0 Å². The summed E-state index contributed by atoms with van der Waals surface area (Å²) in [6.45, 7) is 7.65. The van der Waals surface area contributed by atoms with E-state index in [-0.39, 0.29) is 23.3 Å². The highest BCUT2D eigenvalue weighted by Gasteiger charge is 2.50. The fourth-order valence-corrected chi connectivity index (χ4v) is 5.21. The van der Waals surface area contributed by atoms with Crippen LogP contribution in [0.3, 0.4) is 0 Å². The summed E-state index contributed by atoms with van der Waals surface area (Å²) in [5.41, 5.74) is -0.265.